The van der Waals surface area contributed by atoms with E-state index in [1.54, 1.807) is 0 Å². The van der Waals surface area contributed by atoms with Crippen LogP contribution >= 0.6 is 0 Å². The first-order valence-corrected chi connectivity index (χ1v) is 13.5. The Labute approximate surface area is 218 Å². The molecule has 3 aromatic heterocycles. The maximum atomic E-state index is 5.26. The van der Waals surface area contributed by atoms with Gasteiger partial charge in [0.15, 0.2) is 0 Å². The summed E-state index contributed by atoms with van der Waals surface area (Å²) in [5.41, 5.74) is 12.1. The summed E-state index contributed by atoms with van der Waals surface area (Å²) in [6.45, 7) is 6.82. The molecule has 4 nitrogen and oxygen atoms in total. The van der Waals surface area contributed by atoms with E-state index in [2.05, 4.69) is 110 Å². The van der Waals surface area contributed by atoms with Crippen LogP contribution in [0, 0.1) is 0 Å². The van der Waals surface area contributed by atoms with Gasteiger partial charge < -0.3 is 9.97 Å². The Morgan fingerprint density at radius 1 is 0.784 bits per heavy atom. The average molecular weight is 487 g/mol. The minimum absolute atomic E-state index is 0.0703. The van der Waals surface area contributed by atoms with Crippen LogP contribution in [0.15, 0.2) is 66.7 Å². The molecule has 0 saturated heterocycles. The number of aromatic nitrogens is 4. The van der Waals surface area contributed by atoms with Crippen molar-refractivity contribution in [3.05, 3.63) is 95.1 Å². The first kappa shape index (κ1) is 23.5. The predicted molar refractivity (Wildman–Crippen MR) is 155 cm³/mol. The van der Waals surface area contributed by atoms with Crippen molar-refractivity contribution in [3.8, 4) is 11.1 Å². The lowest BCUT2D eigenvalue weighted by atomic mass is 9.85. The van der Waals surface area contributed by atoms with Gasteiger partial charge in [-0.05, 0) is 67.0 Å². The highest BCUT2D eigenvalue weighted by atomic mass is 14.8. The van der Waals surface area contributed by atoms with Crippen LogP contribution in [0.4, 0.5) is 0 Å². The number of unbranched alkanes of at least 4 members (excludes halogenated alkanes) is 2. The van der Waals surface area contributed by atoms with Crippen molar-refractivity contribution in [2.75, 3.05) is 0 Å². The zero-order chi connectivity index (χ0) is 25.4. The zero-order valence-corrected chi connectivity index (χ0v) is 21.9. The minimum atomic E-state index is -0.0703. The largest absolute Gasteiger partial charge is 0.355 e. The zero-order valence-electron chi connectivity index (χ0n) is 21.9. The first-order valence-electron chi connectivity index (χ1n) is 13.5. The second kappa shape index (κ2) is 9.51. The molecular formula is C33H34N4. The molecule has 0 aliphatic carbocycles. The first-order chi connectivity index (χ1) is 18.0. The van der Waals surface area contributed by atoms with Crippen LogP contribution < -0.4 is 0 Å². The van der Waals surface area contributed by atoms with Gasteiger partial charge in [-0.3, -0.25) is 4.98 Å². The van der Waals surface area contributed by atoms with Gasteiger partial charge in [0.25, 0.3) is 0 Å². The molecule has 6 rings (SSSR count). The van der Waals surface area contributed by atoms with Crippen LogP contribution in [0.2, 0.25) is 0 Å². The third kappa shape index (κ3) is 4.64. The molecule has 4 heteroatoms. The van der Waals surface area contributed by atoms with Gasteiger partial charge in [0.2, 0.25) is 0 Å². The standard InChI is InChI=1S/C33H34N4/c1-4-5-7-12-26-27-16-15-24(35-27)19-23-13-14-25(34-23)20-31-33(2,3)21-30(37-31)32(22-10-8-6-9-11-22)29-18-17-28(26)36-29/h6,8-11,13-20,34-35H,4-5,7,12,21H2,1-3H3. The van der Waals surface area contributed by atoms with Gasteiger partial charge in [-0.2, -0.15) is 0 Å². The van der Waals surface area contributed by atoms with Crippen LogP contribution in [0.5, 0.6) is 0 Å². The number of benzene rings is 1. The van der Waals surface area contributed by atoms with Crippen molar-refractivity contribution in [3.63, 3.8) is 0 Å². The fourth-order valence-electron chi connectivity index (χ4n) is 5.49. The van der Waals surface area contributed by atoms with Gasteiger partial charge in [0.1, 0.15) is 0 Å². The molecule has 0 fully saturated rings. The second-order valence-electron chi connectivity index (χ2n) is 10.9. The summed E-state index contributed by atoms with van der Waals surface area (Å²) in [4.78, 5) is 17.7. The Morgan fingerprint density at radius 3 is 2.32 bits per heavy atom. The van der Waals surface area contributed by atoms with Crippen LogP contribution in [-0.2, 0) is 18.3 Å². The number of nitrogens with one attached hydrogen (secondary N) is 2. The van der Waals surface area contributed by atoms with Gasteiger partial charge in [-0.15, -0.1) is 0 Å². The van der Waals surface area contributed by atoms with Crippen LogP contribution in [0.25, 0.3) is 45.3 Å². The number of rotatable bonds is 5. The Morgan fingerprint density at radius 2 is 1.51 bits per heavy atom. The van der Waals surface area contributed by atoms with Gasteiger partial charge in [0.05, 0.1) is 17.1 Å². The lowest BCUT2D eigenvalue weighted by Crippen LogP contribution is -2.15. The summed E-state index contributed by atoms with van der Waals surface area (Å²) in [5, 5.41) is 0. The number of aryl methyl sites for hydroxylation is 1. The molecule has 186 valence electrons. The maximum absolute atomic E-state index is 5.26. The summed E-state index contributed by atoms with van der Waals surface area (Å²) in [7, 11) is 0. The lowest BCUT2D eigenvalue weighted by Gasteiger charge is -2.16. The maximum Gasteiger partial charge on any atom is 0.0734 e. The van der Waals surface area contributed by atoms with E-state index in [0.29, 0.717) is 0 Å². The number of fused-ring (bicyclic) bond motifs is 8. The normalized spacial score (nSPS) is 14.2. The minimum Gasteiger partial charge on any atom is -0.355 e. The second-order valence-corrected chi connectivity index (χ2v) is 10.9. The molecular weight excluding hydrogens is 452 g/mol. The molecule has 8 bridgehead atoms. The summed E-state index contributed by atoms with van der Waals surface area (Å²) >= 11 is 0. The van der Waals surface area contributed by atoms with Gasteiger partial charge in [0, 0.05) is 50.7 Å². The van der Waals surface area contributed by atoms with E-state index >= 15 is 0 Å². The van der Waals surface area contributed by atoms with Crippen LogP contribution in [-0.4, -0.2) is 19.9 Å². The van der Waals surface area contributed by atoms with Gasteiger partial charge in [-0.1, -0.05) is 63.9 Å². The molecule has 0 saturated carbocycles. The molecule has 0 spiro atoms. The molecule has 0 atom stereocenters. The molecule has 4 aromatic rings. The average Bonchev–Trinajstić information content (AvgIpc) is 3.67. The summed E-state index contributed by atoms with van der Waals surface area (Å²) in [6.07, 6.45) is 9.80. The van der Waals surface area contributed by atoms with E-state index in [1.807, 2.05) is 0 Å². The summed E-state index contributed by atoms with van der Waals surface area (Å²) in [5.74, 6) is 0. The molecule has 0 unspecified atom stereocenters. The van der Waals surface area contributed by atoms with E-state index < -0.39 is 0 Å². The van der Waals surface area contributed by atoms with E-state index in [0.717, 1.165) is 75.2 Å². The van der Waals surface area contributed by atoms with E-state index in [4.69, 9.17) is 9.97 Å². The van der Waals surface area contributed by atoms with Crippen molar-refractivity contribution in [2.45, 2.75) is 58.3 Å². The summed E-state index contributed by atoms with van der Waals surface area (Å²) < 4.78 is 0. The molecule has 2 aliphatic heterocycles. The number of hydrogen-bond donors (Lipinski definition) is 2. The molecule has 0 amide bonds. The van der Waals surface area contributed by atoms with E-state index in [9.17, 15) is 0 Å². The highest BCUT2D eigenvalue weighted by Gasteiger charge is 2.31. The van der Waals surface area contributed by atoms with E-state index in [-0.39, 0.29) is 5.41 Å². The number of nitrogens with zero attached hydrogens (tertiary/aromatic N) is 2. The van der Waals surface area contributed by atoms with Crippen LogP contribution in [0.1, 0.15) is 68.4 Å². The highest BCUT2D eigenvalue weighted by Crippen LogP contribution is 2.37. The predicted octanol–water partition coefficient (Wildman–Crippen LogP) is 8.41. The van der Waals surface area contributed by atoms with Crippen molar-refractivity contribution >= 4 is 34.2 Å². The Bertz CT molecular complexity index is 1630. The monoisotopic (exact) mass is 486 g/mol. The molecule has 2 N–H and O–H groups in total. The fraction of sp³-hybridized carbons (Fsp3) is 0.273. The topological polar surface area (TPSA) is 57.4 Å². The molecule has 0 radical (unpaired) electrons. The third-order valence-electron chi connectivity index (χ3n) is 7.51. The Kier molecular flexibility index (Phi) is 6.03. The van der Waals surface area contributed by atoms with Crippen LogP contribution in [0.3, 0.4) is 0 Å². The van der Waals surface area contributed by atoms with E-state index in [1.165, 1.54) is 18.4 Å². The lowest BCUT2D eigenvalue weighted by molar-refractivity contribution is 0.544. The SMILES string of the molecule is CCCCCc1c2nc(c(-c3ccccc3)c3nc(cc4ccc(cc5ccc1[nH]5)[nH]4)C(C)(C)C3)C=C2. The molecule has 5 heterocycles. The number of aromatic amines is 2. The third-order valence-corrected chi connectivity index (χ3v) is 7.51. The Balaban J connectivity index is 1.71. The van der Waals surface area contributed by atoms with Gasteiger partial charge >= 0.3 is 0 Å². The molecule has 37 heavy (non-hydrogen) atoms. The van der Waals surface area contributed by atoms with Gasteiger partial charge in [-0.25, -0.2) is 4.98 Å². The van der Waals surface area contributed by atoms with Crippen molar-refractivity contribution in [2.24, 2.45) is 0 Å². The fourth-order valence-corrected chi connectivity index (χ4v) is 5.49. The van der Waals surface area contributed by atoms with Crippen molar-refractivity contribution < 1.29 is 0 Å². The van der Waals surface area contributed by atoms with Crippen molar-refractivity contribution in [1.82, 2.24) is 19.9 Å². The number of H-pyrrole nitrogens is 2. The molecule has 2 aliphatic rings. The number of hydrogen-bond acceptors (Lipinski definition) is 2. The van der Waals surface area contributed by atoms with Crippen molar-refractivity contribution in [1.29, 1.82) is 0 Å². The Hall–Kier alpha value is -3.92. The molecule has 1 aromatic carbocycles. The smallest absolute Gasteiger partial charge is 0.0734 e. The summed E-state index contributed by atoms with van der Waals surface area (Å²) in [6, 6.07) is 23.6. The highest BCUT2D eigenvalue weighted by molar-refractivity contribution is 5.84. The quantitative estimate of drug-likeness (QED) is 0.245.